The molecule has 1 unspecified atom stereocenters. The molecule has 0 saturated heterocycles. The normalized spacial score (nSPS) is 13.7. The molecule has 1 aromatic rings. The molecule has 0 aliphatic carbocycles. The Morgan fingerprint density at radius 2 is 2.00 bits per heavy atom. The molecule has 0 aromatic heterocycles. The van der Waals surface area contributed by atoms with Crippen LogP contribution in [0, 0.1) is 0 Å². The summed E-state index contributed by atoms with van der Waals surface area (Å²) >= 11 is 0. The Balaban J connectivity index is 2.37. The van der Waals surface area contributed by atoms with Crippen molar-refractivity contribution in [3.8, 4) is 5.75 Å². The lowest BCUT2D eigenvalue weighted by molar-refractivity contribution is -0.144. The number of rotatable bonds is 10. The molecular weight excluding hydrogens is 270 g/mol. The van der Waals surface area contributed by atoms with Gasteiger partial charge in [0.25, 0.3) is 0 Å². The summed E-state index contributed by atoms with van der Waals surface area (Å²) < 4.78 is 5.61. The highest BCUT2D eigenvalue weighted by Crippen LogP contribution is 2.16. The quantitative estimate of drug-likeness (QED) is 0.574. The molecule has 0 bridgehead atoms. The Hall–Kier alpha value is -1.59. The summed E-state index contributed by atoms with van der Waals surface area (Å²) in [6.07, 6.45) is 1.81. The van der Waals surface area contributed by atoms with E-state index in [-0.39, 0.29) is 6.61 Å². The standard InChI is InChI=1S/C16H25NO4/c1-3-17-16(2,15(19)20)10-4-12-21-14-7-5-13(6-8-14)9-11-18/h5-8,17-18H,3-4,9-12H2,1-2H3,(H,19,20). The number of hydrogen-bond acceptors (Lipinski definition) is 4. The summed E-state index contributed by atoms with van der Waals surface area (Å²) in [5, 5.41) is 21.1. The first-order valence-corrected chi connectivity index (χ1v) is 7.33. The number of benzene rings is 1. The minimum absolute atomic E-state index is 0.137. The second-order valence-electron chi connectivity index (χ2n) is 5.24. The Morgan fingerprint density at radius 3 is 2.52 bits per heavy atom. The van der Waals surface area contributed by atoms with Crippen molar-refractivity contribution in [1.82, 2.24) is 5.32 Å². The second kappa shape index (κ2) is 8.64. The van der Waals surface area contributed by atoms with Crippen LogP contribution in [0.15, 0.2) is 24.3 Å². The molecule has 0 heterocycles. The van der Waals surface area contributed by atoms with Crippen LogP contribution in [-0.4, -0.2) is 41.5 Å². The van der Waals surface area contributed by atoms with Crippen molar-refractivity contribution in [1.29, 1.82) is 0 Å². The number of hydrogen-bond donors (Lipinski definition) is 3. The van der Waals surface area contributed by atoms with Gasteiger partial charge in [-0.3, -0.25) is 4.79 Å². The van der Waals surface area contributed by atoms with E-state index in [2.05, 4.69) is 5.32 Å². The van der Waals surface area contributed by atoms with E-state index in [0.29, 0.717) is 32.4 Å². The van der Waals surface area contributed by atoms with Crippen molar-refractivity contribution in [2.45, 2.75) is 38.6 Å². The van der Waals surface area contributed by atoms with Gasteiger partial charge in [0.05, 0.1) is 6.61 Å². The summed E-state index contributed by atoms with van der Waals surface area (Å²) in [6.45, 7) is 4.83. The zero-order valence-electron chi connectivity index (χ0n) is 12.8. The molecule has 0 aliphatic rings. The van der Waals surface area contributed by atoms with E-state index in [1.807, 2.05) is 31.2 Å². The first-order chi connectivity index (χ1) is 10.0. The second-order valence-corrected chi connectivity index (χ2v) is 5.24. The number of ether oxygens (including phenoxy) is 1. The predicted octanol–water partition coefficient (Wildman–Crippen LogP) is 1.83. The SMILES string of the molecule is CCNC(C)(CCCOc1ccc(CCO)cc1)C(=O)O. The third-order valence-electron chi connectivity index (χ3n) is 3.45. The summed E-state index contributed by atoms with van der Waals surface area (Å²) in [5.74, 6) is -0.0742. The summed E-state index contributed by atoms with van der Waals surface area (Å²) in [7, 11) is 0. The van der Waals surface area contributed by atoms with Crippen molar-refractivity contribution < 1.29 is 19.7 Å². The highest BCUT2D eigenvalue weighted by atomic mass is 16.5. The minimum Gasteiger partial charge on any atom is -0.494 e. The molecule has 0 radical (unpaired) electrons. The van der Waals surface area contributed by atoms with Crippen LogP contribution in [0.4, 0.5) is 0 Å². The highest BCUT2D eigenvalue weighted by Gasteiger charge is 2.31. The molecular formula is C16H25NO4. The van der Waals surface area contributed by atoms with Crippen LogP contribution in [0.3, 0.4) is 0 Å². The van der Waals surface area contributed by atoms with Gasteiger partial charge in [-0.2, -0.15) is 0 Å². The van der Waals surface area contributed by atoms with Gasteiger partial charge < -0.3 is 20.3 Å². The van der Waals surface area contributed by atoms with Crippen LogP contribution in [0.2, 0.25) is 0 Å². The van der Waals surface area contributed by atoms with E-state index in [1.165, 1.54) is 0 Å². The lowest BCUT2D eigenvalue weighted by Gasteiger charge is -2.25. The molecule has 0 aliphatic heterocycles. The van der Waals surface area contributed by atoms with Gasteiger partial charge in [-0.05, 0) is 50.4 Å². The van der Waals surface area contributed by atoms with E-state index in [4.69, 9.17) is 9.84 Å². The molecule has 1 rings (SSSR count). The van der Waals surface area contributed by atoms with Gasteiger partial charge in [0.2, 0.25) is 0 Å². The van der Waals surface area contributed by atoms with Crippen LogP contribution in [0.5, 0.6) is 5.75 Å². The average molecular weight is 295 g/mol. The van der Waals surface area contributed by atoms with Crippen molar-refractivity contribution in [2.24, 2.45) is 0 Å². The van der Waals surface area contributed by atoms with E-state index < -0.39 is 11.5 Å². The maximum Gasteiger partial charge on any atom is 0.323 e. The van der Waals surface area contributed by atoms with E-state index in [0.717, 1.165) is 11.3 Å². The highest BCUT2D eigenvalue weighted by molar-refractivity contribution is 5.78. The average Bonchev–Trinajstić information content (AvgIpc) is 2.46. The number of carboxylic acid groups (broad SMARTS) is 1. The van der Waals surface area contributed by atoms with Crippen molar-refractivity contribution in [3.05, 3.63) is 29.8 Å². The molecule has 0 spiro atoms. The monoisotopic (exact) mass is 295 g/mol. The number of likely N-dealkylation sites (N-methyl/N-ethyl adjacent to an activating group) is 1. The number of carboxylic acids is 1. The molecule has 0 fully saturated rings. The van der Waals surface area contributed by atoms with Crippen molar-refractivity contribution in [2.75, 3.05) is 19.8 Å². The maximum absolute atomic E-state index is 11.3. The van der Waals surface area contributed by atoms with Crippen molar-refractivity contribution >= 4 is 5.97 Å². The van der Waals surface area contributed by atoms with Gasteiger partial charge in [0, 0.05) is 6.61 Å². The summed E-state index contributed by atoms with van der Waals surface area (Å²) in [6, 6.07) is 7.58. The summed E-state index contributed by atoms with van der Waals surface area (Å²) in [5.41, 5.74) is 0.166. The topological polar surface area (TPSA) is 78.8 Å². The molecule has 21 heavy (non-hydrogen) atoms. The number of aliphatic carboxylic acids is 1. The molecule has 1 aromatic carbocycles. The molecule has 5 nitrogen and oxygen atoms in total. The number of nitrogens with one attached hydrogen (secondary N) is 1. The van der Waals surface area contributed by atoms with Crippen LogP contribution in [0.1, 0.15) is 32.3 Å². The fraction of sp³-hybridized carbons (Fsp3) is 0.562. The number of carbonyl (C=O) groups is 1. The molecule has 118 valence electrons. The lowest BCUT2D eigenvalue weighted by Crippen LogP contribution is -2.49. The molecule has 5 heteroatoms. The Labute approximate surface area is 125 Å². The Kier molecular flexibility index (Phi) is 7.19. The van der Waals surface area contributed by atoms with Gasteiger partial charge in [-0.25, -0.2) is 0 Å². The first-order valence-electron chi connectivity index (χ1n) is 7.33. The molecule has 0 saturated carbocycles. The zero-order chi connectivity index (χ0) is 15.7. The van der Waals surface area contributed by atoms with Crippen LogP contribution in [0.25, 0.3) is 0 Å². The Morgan fingerprint density at radius 1 is 1.33 bits per heavy atom. The summed E-state index contributed by atoms with van der Waals surface area (Å²) in [4.78, 5) is 11.3. The third kappa shape index (κ3) is 5.73. The first kappa shape index (κ1) is 17.5. The third-order valence-corrected chi connectivity index (χ3v) is 3.45. The van der Waals surface area contributed by atoms with Crippen molar-refractivity contribution in [3.63, 3.8) is 0 Å². The van der Waals surface area contributed by atoms with Gasteiger partial charge in [0.15, 0.2) is 0 Å². The smallest absolute Gasteiger partial charge is 0.323 e. The van der Waals surface area contributed by atoms with E-state index >= 15 is 0 Å². The fourth-order valence-electron chi connectivity index (χ4n) is 2.16. The molecule has 1 atom stereocenters. The minimum atomic E-state index is -0.900. The molecule has 0 amide bonds. The van der Waals surface area contributed by atoms with Gasteiger partial charge in [-0.1, -0.05) is 19.1 Å². The Bertz CT molecular complexity index is 432. The van der Waals surface area contributed by atoms with Crippen LogP contribution in [-0.2, 0) is 11.2 Å². The van der Waals surface area contributed by atoms with Crippen LogP contribution < -0.4 is 10.1 Å². The largest absolute Gasteiger partial charge is 0.494 e. The van der Waals surface area contributed by atoms with E-state index in [1.54, 1.807) is 6.92 Å². The number of aliphatic hydroxyl groups is 1. The maximum atomic E-state index is 11.3. The van der Waals surface area contributed by atoms with Crippen LogP contribution >= 0.6 is 0 Å². The number of aliphatic hydroxyl groups excluding tert-OH is 1. The van der Waals surface area contributed by atoms with Gasteiger partial charge in [-0.15, -0.1) is 0 Å². The molecule has 3 N–H and O–H groups in total. The van der Waals surface area contributed by atoms with E-state index in [9.17, 15) is 9.90 Å². The fourth-order valence-corrected chi connectivity index (χ4v) is 2.16. The van der Waals surface area contributed by atoms with Gasteiger partial charge in [0.1, 0.15) is 11.3 Å². The van der Waals surface area contributed by atoms with Gasteiger partial charge >= 0.3 is 5.97 Å². The lowest BCUT2D eigenvalue weighted by atomic mass is 9.96. The zero-order valence-corrected chi connectivity index (χ0v) is 12.8. The predicted molar refractivity (Wildman–Crippen MR) is 81.7 cm³/mol.